The number of nitrogens with one attached hydrogen (secondary N) is 1. The van der Waals surface area contributed by atoms with E-state index in [4.69, 9.17) is 16.3 Å². The Morgan fingerprint density at radius 2 is 2.19 bits per heavy atom. The molecule has 2 rings (SSSR count). The zero-order valence-corrected chi connectivity index (χ0v) is 13.5. The van der Waals surface area contributed by atoms with Crippen LogP contribution in [-0.4, -0.2) is 24.4 Å². The number of hydrogen-bond donors (Lipinski definition) is 2. The minimum absolute atomic E-state index is 0.244. The summed E-state index contributed by atoms with van der Waals surface area (Å²) in [7, 11) is 0. The highest BCUT2D eigenvalue weighted by atomic mass is 35.5. The van der Waals surface area contributed by atoms with Crippen LogP contribution in [0.15, 0.2) is 41.8 Å². The molecule has 0 saturated heterocycles. The molecule has 0 aliphatic carbocycles. The van der Waals surface area contributed by atoms with E-state index in [0.717, 1.165) is 6.42 Å². The van der Waals surface area contributed by atoms with Gasteiger partial charge in [0.2, 0.25) is 0 Å². The molecule has 2 aromatic rings. The van der Waals surface area contributed by atoms with Gasteiger partial charge in [-0.1, -0.05) is 30.7 Å². The SMILES string of the molecule is CCC(NCC(O)COc1cccc(Cl)c1)c1cccs1. The molecule has 1 heterocycles. The number of ether oxygens (including phenoxy) is 1. The van der Waals surface area contributed by atoms with E-state index in [2.05, 4.69) is 23.7 Å². The van der Waals surface area contributed by atoms with E-state index in [1.54, 1.807) is 23.5 Å². The molecule has 0 amide bonds. The molecule has 5 heteroatoms. The Hall–Kier alpha value is -1.07. The Kier molecular flexibility index (Phi) is 6.51. The van der Waals surface area contributed by atoms with E-state index in [9.17, 15) is 5.11 Å². The summed E-state index contributed by atoms with van der Waals surface area (Å²) in [4.78, 5) is 1.29. The number of benzene rings is 1. The number of aliphatic hydroxyl groups is 1. The lowest BCUT2D eigenvalue weighted by atomic mass is 10.2. The van der Waals surface area contributed by atoms with Crippen molar-refractivity contribution in [1.82, 2.24) is 5.32 Å². The Morgan fingerprint density at radius 1 is 1.33 bits per heavy atom. The molecule has 2 N–H and O–H groups in total. The predicted molar refractivity (Wildman–Crippen MR) is 88.3 cm³/mol. The molecule has 1 aromatic heterocycles. The van der Waals surface area contributed by atoms with Crippen LogP contribution < -0.4 is 10.1 Å². The van der Waals surface area contributed by atoms with Crippen molar-refractivity contribution in [3.8, 4) is 5.75 Å². The molecule has 0 fully saturated rings. The van der Waals surface area contributed by atoms with Crippen LogP contribution in [0, 0.1) is 0 Å². The van der Waals surface area contributed by atoms with Gasteiger partial charge in [0, 0.05) is 22.5 Å². The molecule has 2 atom stereocenters. The first-order valence-corrected chi connectivity index (χ1v) is 8.28. The normalized spacial score (nSPS) is 13.9. The van der Waals surface area contributed by atoms with Crippen LogP contribution in [0.3, 0.4) is 0 Å². The maximum Gasteiger partial charge on any atom is 0.120 e. The summed E-state index contributed by atoms with van der Waals surface area (Å²) in [6.07, 6.45) is 0.431. The molecule has 0 aliphatic rings. The second kappa shape index (κ2) is 8.39. The third kappa shape index (κ3) is 5.32. The van der Waals surface area contributed by atoms with Crippen LogP contribution in [-0.2, 0) is 0 Å². The van der Waals surface area contributed by atoms with Gasteiger partial charge in [-0.25, -0.2) is 0 Å². The third-order valence-corrected chi connectivity index (χ3v) is 4.35. The molecule has 0 radical (unpaired) electrons. The minimum atomic E-state index is -0.557. The lowest BCUT2D eigenvalue weighted by molar-refractivity contribution is 0.103. The lowest BCUT2D eigenvalue weighted by Gasteiger charge is -2.19. The number of aliphatic hydroxyl groups excluding tert-OH is 1. The topological polar surface area (TPSA) is 41.5 Å². The summed E-state index contributed by atoms with van der Waals surface area (Å²) >= 11 is 7.61. The highest BCUT2D eigenvalue weighted by molar-refractivity contribution is 7.10. The van der Waals surface area contributed by atoms with E-state index in [1.165, 1.54) is 4.88 Å². The van der Waals surface area contributed by atoms with E-state index in [1.807, 2.05) is 18.2 Å². The molecular weight excluding hydrogens is 306 g/mol. The van der Waals surface area contributed by atoms with Crippen LogP contribution in [0.2, 0.25) is 5.02 Å². The van der Waals surface area contributed by atoms with Crippen molar-refractivity contribution in [3.05, 3.63) is 51.7 Å². The van der Waals surface area contributed by atoms with Gasteiger partial charge in [0.15, 0.2) is 0 Å². The fourth-order valence-electron chi connectivity index (χ4n) is 2.02. The largest absolute Gasteiger partial charge is 0.491 e. The van der Waals surface area contributed by atoms with E-state index in [-0.39, 0.29) is 12.6 Å². The number of halogens is 1. The number of thiophene rings is 1. The van der Waals surface area contributed by atoms with Crippen molar-refractivity contribution < 1.29 is 9.84 Å². The number of hydrogen-bond acceptors (Lipinski definition) is 4. The van der Waals surface area contributed by atoms with Gasteiger partial charge in [-0.2, -0.15) is 0 Å². The van der Waals surface area contributed by atoms with Gasteiger partial charge >= 0.3 is 0 Å². The quantitative estimate of drug-likeness (QED) is 0.774. The standard InChI is InChI=1S/C16H20ClNO2S/c1-2-15(16-7-4-8-21-16)18-10-13(19)11-20-14-6-3-5-12(17)9-14/h3-9,13,15,18-19H,2,10-11H2,1H3. The van der Waals surface area contributed by atoms with Crippen LogP contribution in [0.25, 0.3) is 0 Å². The van der Waals surface area contributed by atoms with Gasteiger partial charge < -0.3 is 15.2 Å². The molecule has 2 unspecified atom stereocenters. The van der Waals surface area contributed by atoms with Gasteiger partial charge in [-0.15, -0.1) is 11.3 Å². The van der Waals surface area contributed by atoms with Gasteiger partial charge in [0.25, 0.3) is 0 Å². The first-order valence-electron chi connectivity index (χ1n) is 7.02. The monoisotopic (exact) mass is 325 g/mol. The molecule has 0 spiro atoms. The molecule has 0 aliphatic heterocycles. The van der Waals surface area contributed by atoms with Crippen molar-refractivity contribution in [2.24, 2.45) is 0 Å². The maximum absolute atomic E-state index is 10.0. The summed E-state index contributed by atoms with van der Waals surface area (Å²) in [6, 6.07) is 11.6. The summed E-state index contributed by atoms with van der Waals surface area (Å²) in [6.45, 7) is 2.87. The van der Waals surface area contributed by atoms with Gasteiger partial charge in [0.05, 0.1) is 0 Å². The second-order valence-corrected chi connectivity index (χ2v) is 6.22. The molecule has 114 valence electrons. The Morgan fingerprint density at radius 3 is 2.86 bits per heavy atom. The first-order chi connectivity index (χ1) is 10.2. The van der Waals surface area contributed by atoms with Crippen molar-refractivity contribution >= 4 is 22.9 Å². The summed E-state index contributed by atoms with van der Waals surface area (Å²) in [5, 5.41) is 16.1. The average Bonchev–Trinajstić information content (AvgIpc) is 3.00. The third-order valence-electron chi connectivity index (χ3n) is 3.13. The molecule has 21 heavy (non-hydrogen) atoms. The van der Waals surface area contributed by atoms with Crippen LogP contribution in [0.5, 0.6) is 5.75 Å². The highest BCUT2D eigenvalue weighted by Gasteiger charge is 2.12. The average molecular weight is 326 g/mol. The smallest absolute Gasteiger partial charge is 0.120 e. The fourth-order valence-corrected chi connectivity index (χ4v) is 3.09. The zero-order chi connectivity index (χ0) is 15.1. The van der Waals surface area contributed by atoms with Gasteiger partial charge in [-0.05, 0) is 36.1 Å². The lowest BCUT2D eigenvalue weighted by Crippen LogP contribution is -2.33. The fraction of sp³-hybridized carbons (Fsp3) is 0.375. The van der Waals surface area contributed by atoms with Crippen molar-refractivity contribution in [2.75, 3.05) is 13.2 Å². The van der Waals surface area contributed by atoms with Crippen LogP contribution >= 0.6 is 22.9 Å². The Bertz CT molecular complexity index is 533. The summed E-state index contributed by atoms with van der Waals surface area (Å²) in [5.74, 6) is 0.673. The van der Waals surface area contributed by atoms with Crippen LogP contribution in [0.4, 0.5) is 0 Å². The van der Waals surface area contributed by atoms with E-state index < -0.39 is 6.10 Å². The Balaban J connectivity index is 1.75. The Labute approximate surface area is 134 Å². The maximum atomic E-state index is 10.0. The van der Waals surface area contributed by atoms with Crippen LogP contribution in [0.1, 0.15) is 24.3 Å². The number of rotatable bonds is 8. The van der Waals surface area contributed by atoms with Crippen molar-refractivity contribution in [3.63, 3.8) is 0 Å². The van der Waals surface area contributed by atoms with Gasteiger partial charge in [0.1, 0.15) is 18.5 Å². The highest BCUT2D eigenvalue weighted by Crippen LogP contribution is 2.21. The minimum Gasteiger partial charge on any atom is -0.491 e. The first kappa shape index (κ1) is 16.3. The van der Waals surface area contributed by atoms with E-state index >= 15 is 0 Å². The molecule has 0 saturated carbocycles. The van der Waals surface area contributed by atoms with Gasteiger partial charge in [-0.3, -0.25) is 0 Å². The summed E-state index contributed by atoms with van der Waals surface area (Å²) < 4.78 is 5.53. The molecule has 1 aromatic carbocycles. The zero-order valence-electron chi connectivity index (χ0n) is 12.0. The van der Waals surface area contributed by atoms with Crippen molar-refractivity contribution in [1.29, 1.82) is 0 Å². The predicted octanol–water partition coefficient (Wildman–Crippen LogP) is 3.88. The van der Waals surface area contributed by atoms with E-state index in [0.29, 0.717) is 17.3 Å². The molecule has 3 nitrogen and oxygen atoms in total. The molecular formula is C16H20ClNO2S. The van der Waals surface area contributed by atoms with Crippen molar-refractivity contribution in [2.45, 2.75) is 25.5 Å². The second-order valence-electron chi connectivity index (χ2n) is 4.81. The summed E-state index contributed by atoms with van der Waals surface area (Å²) in [5.41, 5.74) is 0. The molecule has 0 bridgehead atoms.